The largest absolute Gasteiger partial charge is 0.497 e. The highest BCUT2D eigenvalue weighted by Gasteiger charge is 2.23. The van der Waals surface area contributed by atoms with Gasteiger partial charge in [0, 0.05) is 25.8 Å². The molecule has 1 aromatic heterocycles. The van der Waals surface area contributed by atoms with Crippen molar-refractivity contribution in [3.05, 3.63) is 54.2 Å². The predicted molar refractivity (Wildman–Crippen MR) is 89.5 cm³/mol. The van der Waals surface area contributed by atoms with E-state index in [2.05, 4.69) is 39.5 Å². The lowest BCUT2D eigenvalue weighted by Gasteiger charge is -2.17. The van der Waals surface area contributed by atoms with E-state index in [1.165, 1.54) is 18.5 Å². The lowest BCUT2D eigenvalue weighted by Crippen LogP contribution is -2.26. The molecule has 116 valence electrons. The minimum Gasteiger partial charge on any atom is -0.497 e. The highest BCUT2D eigenvalue weighted by molar-refractivity contribution is 5.33. The number of likely N-dealkylation sites (tertiary alicyclic amines) is 1. The van der Waals surface area contributed by atoms with Crippen LogP contribution >= 0.6 is 0 Å². The topological polar surface area (TPSA) is 37.4 Å². The Kier molecular flexibility index (Phi) is 4.91. The van der Waals surface area contributed by atoms with Crippen LogP contribution in [0.2, 0.25) is 0 Å². The summed E-state index contributed by atoms with van der Waals surface area (Å²) in [6.07, 6.45) is 3.05. The molecule has 22 heavy (non-hydrogen) atoms. The number of nitrogens with zero attached hydrogens (tertiary/aromatic N) is 2. The summed E-state index contributed by atoms with van der Waals surface area (Å²) in [4.78, 5) is 6.80. The molecule has 3 rings (SSSR count). The predicted octanol–water partition coefficient (Wildman–Crippen LogP) is 2.99. The molecule has 0 spiro atoms. The molecule has 0 saturated carbocycles. The van der Waals surface area contributed by atoms with Gasteiger partial charge in [0.15, 0.2) is 0 Å². The Morgan fingerprint density at radius 2 is 2.09 bits per heavy atom. The first kappa shape index (κ1) is 14.9. The fourth-order valence-corrected chi connectivity index (χ4v) is 2.99. The molecule has 0 amide bonds. The summed E-state index contributed by atoms with van der Waals surface area (Å²) in [5.74, 6) is 2.52. The van der Waals surface area contributed by atoms with Crippen molar-refractivity contribution in [1.29, 1.82) is 0 Å². The second-order valence-electron chi connectivity index (χ2n) is 5.70. The van der Waals surface area contributed by atoms with Crippen molar-refractivity contribution in [1.82, 2.24) is 9.88 Å². The minimum absolute atomic E-state index is 0.640. The maximum Gasteiger partial charge on any atom is 0.125 e. The third-order valence-corrected chi connectivity index (χ3v) is 4.26. The fourth-order valence-electron chi connectivity index (χ4n) is 2.99. The van der Waals surface area contributed by atoms with E-state index in [0.29, 0.717) is 5.92 Å². The second-order valence-corrected chi connectivity index (χ2v) is 5.70. The van der Waals surface area contributed by atoms with E-state index >= 15 is 0 Å². The van der Waals surface area contributed by atoms with Gasteiger partial charge in [0.1, 0.15) is 11.6 Å². The maximum atomic E-state index is 5.22. The molecular formula is C18H23N3O. The van der Waals surface area contributed by atoms with Crippen molar-refractivity contribution in [3.63, 3.8) is 0 Å². The summed E-state index contributed by atoms with van der Waals surface area (Å²) in [7, 11) is 1.71. The van der Waals surface area contributed by atoms with Crippen molar-refractivity contribution in [2.75, 3.05) is 38.6 Å². The molecule has 1 unspecified atom stereocenters. The van der Waals surface area contributed by atoms with Gasteiger partial charge in [-0.05, 0) is 48.7 Å². The molecule has 2 heterocycles. The van der Waals surface area contributed by atoms with Gasteiger partial charge in [-0.25, -0.2) is 4.98 Å². The Labute approximate surface area is 132 Å². The van der Waals surface area contributed by atoms with Gasteiger partial charge in [0.25, 0.3) is 0 Å². The van der Waals surface area contributed by atoms with Crippen LogP contribution in [0.3, 0.4) is 0 Å². The van der Waals surface area contributed by atoms with Gasteiger partial charge in [-0.2, -0.15) is 0 Å². The van der Waals surface area contributed by atoms with Crippen LogP contribution in [0, 0.1) is 0 Å². The lowest BCUT2D eigenvalue weighted by molar-refractivity contribution is 0.347. The van der Waals surface area contributed by atoms with E-state index in [9.17, 15) is 0 Å². The fraction of sp³-hybridized carbons (Fsp3) is 0.389. The normalized spacial score (nSPS) is 18.3. The molecule has 4 heteroatoms. The van der Waals surface area contributed by atoms with Crippen LogP contribution in [0.4, 0.5) is 5.82 Å². The maximum absolute atomic E-state index is 5.22. The van der Waals surface area contributed by atoms with Gasteiger partial charge in [-0.3, -0.25) is 0 Å². The van der Waals surface area contributed by atoms with Crippen molar-refractivity contribution >= 4 is 5.82 Å². The molecule has 1 aliphatic heterocycles. The summed E-state index contributed by atoms with van der Waals surface area (Å²) >= 11 is 0. The van der Waals surface area contributed by atoms with Gasteiger partial charge in [-0.1, -0.05) is 18.2 Å². The Hall–Kier alpha value is -2.07. The Morgan fingerprint density at radius 3 is 2.82 bits per heavy atom. The van der Waals surface area contributed by atoms with Gasteiger partial charge in [0.2, 0.25) is 0 Å². The quantitative estimate of drug-likeness (QED) is 0.889. The molecule has 1 aromatic carbocycles. The minimum atomic E-state index is 0.640. The molecular weight excluding hydrogens is 274 g/mol. The van der Waals surface area contributed by atoms with Crippen molar-refractivity contribution < 1.29 is 4.74 Å². The Morgan fingerprint density at radius 1 is 1.23 bits per heavy atom. The first-order chi connectivity index (χ1) is 10.8. The zero-order valence-corrected chi connectivity index (χ0v) is 13.0. The number of methoxy groups -OCH3 is 1. The summed E-state index contributed by atoms with van der Waals surface area (Å²) in [5, 5.41) is 3.37. The van der Waals surface area contributed by atoms with Crippen molar-refractivity contribution in [3.8, 4) is 5.75 Å². The van der Waals surface area contributed by atoms with Gasteiger partial charge in [-0.15, -0.1) is 0 Å². The van der Waals surface area contributed by atoms with Gasteiger partial charge < -0.3 is 15.0 Å². The molecule has 1 aliphatic rings. The number of nitrogens with one attached hydrogen (secondary N) is 1. The van der Waals surface area contributed by atoms with Crippen molar-refractivity contribution in [2.24, 2.45) is 0 Å². The summed E-state index contributed by atoms with van der Waals surface area (Å²) in [5.41, 5.74) is 1.42. The number of aromatic nitrogens is 1. The molecule has 2 aromatic rings. The number of pyridine rings is 1. The second kappa shape index (κ2) is 7.27. The first-order valence-electron chi connectivity index (χ1n) is 7.86. The molecule has 0 radical (unpaired) electrons. The zero-order chi connectivity index (χ0) is 15.2. The number of anilines is 1. The smallest absolute Gasteiger partial charge is 0.125 e. The van der Waals surface area contributed by atoms with Crippen LogP contribution in [0.1, 0.15) is 17.9 Å². The van der Waals surface area contributed by atoms with E-state index in [4.69, 9.17) is 4.74 Å². The summed E-state index contributed by atoms with van der Waals surface area (Å²) in [6, 6.07) is 14.4. The number of ether oxygens (including phenoxy) is 1. The van der Waals surface area contributed by atoms with Gasteiger partial charge in [0.05, 0.1) is 7.11 Å². The highest BCUT2D eigenvalue weighted by Crippen LogP contribution is 2.28. The summed E-state index contributed by atoms with van der Waals surface area (Å²) < 4.78 is 5.22. The van der Waals surface area contributed by atoms with Crippen LogP contribution in [-0.2, 0) is 0 Å². The van der Waals surface area contributed by atoms with E-state index in [1.807, 2.05) is 24.4 Å². The third-order valence-electron chi connectivity index (χ3n) is 4.26. The van der Waals surface area contributed by atoms with Crippen LogP contribution < -0.4 is 10.1 Å². The molecule has 1 saturated heterocycles. The average molecular weight is 297 g/mol. The zero-order valence-electron chi connectivity index (χ0n) is 13.0. The van der Waals surface area contributed by atoms with Gasteiger partial charge >= 0.3 is 0 Å². The first-order valence-corrected chi connectivity index (χ1v) is 7.86. The van der Waals surface area contributed by atoms with Crippen LogP contribution in [0.15, 0.2) is 48.7 Å². The van der Waals surface area contributed by atoms with E-state index in [1.54, 1.807) is 7.11 Å². The lowest BCUT2D eigenvalue weighted by atomic mass is 9.98. The molecule has 0 aliphatic carbocycles. The average Bonchev–Trinajstić information content (AvgIpc) is 3.05. The summed E-state index contributed by atoms with van der Waals surface area (Å²) in [6.45, 7) is 4.30. The number of hydrogen-bond acceptors (Lipinski definition) is 4. The monoisotopic (exact) mass is 297 g/mol. The van der Waals surface area contributed by atoms with E-state index < -0.39 is 0 Å². The van der Waals surface area contributed by atoms with E-state index in [0.717, 1.165) is 31.2 Å². The Balaban J connectivity index is 1.45. The molecule has 1 N–H and O–H groups in total. The van der Waals surface area contributed by atoms with Crippen LogP contribution in [-0.4, -0.2) is 43.2 Å². The number of hydrogen-bond donors (Lipinski definition) is 1. The SMILES string of the molecule is COc1ccc(C2CCN(CCNc3ccccn3)C2)cc1. The molecule has 4 nitrogen and oxygen atoms in total. The van der Waals surface area contributed by atoms with Crippen LogP contribution in [0.25, 0.3) is 0 Å². The highest BCUT2D eigenvalue weighted by atomic mass is 16.5. The molecule has 1 atom stereocenters. The Bertz CT molecular complexity index is 571. The number of benzene rings is 1. The van der Waals surface area contributed by atoms with Crippen molar-refractivity contribution in [2.45, 2.75) is 12.3 Å². The number of rotatable bonds is 6. The molecule has 1 fully saturated rings. The third kappa shape index (κ3) is 3.77. The standard InChI is InChI=1S/C18H23N3O/c1-22-17-7-5-15(6-8-17)16-9-12-21(14-16)13-11-20-18-4-2-3-10-19-18/h2-8,10,16H,9,11-14H2,1H3,(H,19,20). The van der Waals surface area contributed by atoms with E-state index in [-0.39, 0.29) is 0 Å². The van der Waals surface area contributed by atoms with Crippen LogP contribution in [0.5, 0.6) is 5.75 Å². The molecule has 0 bridgehead atoms.